The molecule has 118 valence electrons. The predicted molar refractivity (Wildman–Crippen MR) is 89.2 cm³/mol. The Morgan fingerprint density at radius 3 is 2.57 bits per heavy atom. The van der Waals surface area contributed by atoms with Crippen LogP contribution in [0.3, 0.4) is 0 Å². The van der Waals surface area contributed by atoms with Crippen molar-refractivity contribution in [2.24, 2.45) is 0 Å². The number of carbonyl (C=O) groups excluding carboxylic acids is 1. The fourth-order valence-electron chi connectivity index (χ4n) is 2.82. The summed E-state index contributed by atoms with van der Waals surface area (Å²) in [7, 11) is 0. The Balaban J connectivity index is 1.72. The van der Waals surface area contributed by atoms with Crippen LogP contribution in [0.25, 0.3) is 0 Å². The highest BCUT2D eigenvalue weighted by Gasteiger charge is 2.13. The maximum absolute atomic E-state index is 12.1. The van der Waals surface area contributed by atoms with Crippen LogP contribution in [0.15, 0.2) is 36.4 Å². The van der Waals surface area contributed by atoms with Gasteiger partial charge in [0.05, 0.1) is 5.56 Å². The van der Waals surface area contributed by atoms with Crippen LogP contribution < -0.4 is 10.6 Å². The second-order valence-electron chi connectivity index (χ2n) is 5.75. The lowest BCUT2D eigenvalue weighted by molar-refractivity contribution is 0.0697. The topological polar surface area (TPSA) is 78.4 Å². The Bertz CT molecular complexity index is 784. The number of amides is 2. The lowest BCUT2D eigenvalue weighted by Gasteiger charge is -2.11. The van der Waals surface area contributed by atoms with Crippen LogP contribution in [-0.2, 0) is 12.8 Å². The summed E-state index contributed by atoms with van der Waals surface area (Å²) >= 11 is 0. The normalized spacial score (nSPS) is 12.6. The monoisotopic (exact) mass is 310 g/mol. The molecule has 0 unspecified atom stereocenters. The van der Waals surface area contributed by atoms with Crippen LogP contribution in [0.5, 0.6) is 0 Å². The number of aryl methyl sites for hydroxylation is 3. The molecule has 5 nitrogen and oxygen atoms in total. The van der Waals surface area contributed by atoms with E-state index in [-0.39, 0.29) is 11.6 Å². The van der Waals surface area contributed by atoms with Gasteiger partial charge in [0.1, 0.15) is 0 Å². The van der Waals surface area contributed by atoms with Crippen LogP contribution >= 0.6 is 0 Å². The Morgan fingerprint density at radius 2 is 1.78 bits per heavy atom. The average Bonchev–Trinajstić information content (AvgIpc) is 2.96. The number of nitrogens with one attached hydrogen (secondary N) is 2. The van der Waals surface area contributed by atoms with E-state index in [4.69, 9.17) is 5.11 Å². The molecular formula is C18H18N2O3. The minimum atomic E-state index is -1.02. The molecular weight excluding hydrogens is 292 g/mol. The van der Waals surface area contributed by atoms with Gasteiger partial charge in [-0.25, -0.2) is 9.59 Å². The van der Waals surface area contributed by atoms with E-state index >= 15 is 0 Å². The van der Waals surface area contributed by atoms with Crippen LogP contribution in [0.4, 0.5) is 16.2 Å². The molecule has 5 heteroatoms. The number of carboxylic acid groups (broad SMARTS) is 1. The van der Waals surface area contributed by atoms with Gasteiger partial charge in [0.25, 0.3) is 0 Å². The van der Waals surface area contributed by atoms with E-state index in [9.17, 15) is 9.59 Å². The molecule has 23 heavy (non-hydrogen) atoms. The predicted octanol–water partition coefficient (Wildman–Crippen LogP) is 3.83. The van der Waals surface area contributed by atoms with Gasteiger partial charge in [-0.15, -0.1) is 0 Å². The fourth-order valence-corrected chi connectivity index (χ4v) is 2.82. The Morgan fingerprint density at radius 1 is 1.00 bits per heavy atom. The van der Waals surface area contributed by atoms with Gasteiger partial charge in [0.15, 0.2) is 0 Å². The Kier molecular flexibility index (Phi) is 4.02. The molecule has 1 aliphatic carbocycles. The van der Waals surface area contributed by atoms with E-state index < -0.39 is 5.97 Å². The minimum Gasteiger partial charge on any atom is -0.478 e. The van der Waals surface area contributed by atoms with Gasteiger partial charge >= 0.3 is 12.0 Å². The van der Waals surface area contributed by atoms with E-state index in [2.05, 4.69) is 10.6 Å². The van der Waals surface area contributed by atoms with Crippen molar-refractivity contribution in [1.82, 2.24) is 0 Å². The third-order valence-corrected chi connectivity index (χ3v) is 4.09. The molecule has 1 aliphatic rings. The zero-order valence-electron chi connectivity index (χ0n) is 12.8. The minimum absolute atomic E-state index is 0.142. The maximum atomic E-state index is 12.1. The summed E-state index contributed by atoms with van der Waals surface area (Å²) in [5.74, 6) is -1.02. The van der Waals surface area contributed by atoms with Crippen LogP contribution in [-0.4, -0.2) is 17.1 Å². The molecule has 0 fully saturated rings. The Labute approximate surface area is 134 Å². The van der Waals surface area contributed by atoms with Crippen molar-refractivity contribution in [3.63, 3.8) is 0 Å². The number of urea groups is 1. The first-order valence-electron chi connectivity index (χ1n) is 7.57. The summed E-state index contributed by atoms with van der Waals surface area (Å²) in [5, 5.41) is 14.5. The van der Waals surface area contributed by atoms with Crippen LogP contribution in [0.1, 0.15) is 33.5 Å². The van der Waals surface area contributed by atoms with Crippen molar-refractivity contribution < 1.29 is 14.7 Å². The number of hydrogen-bond donors (Lipinski definition) is 3. The molecule has 0 saturated carbocycles. The fraction of sp³-hybridized carbons (Fsp3) is 0.222. The summed E-state index contributed by atoms with van der Waals surface area (Å²) < 4.78 is 0. The molecule has 0 bridgehead atoms. The number of benzene rings is 2. The summed E-state index contributed by atoms with van der Waals surface area (Å²) in [6.45, 7) is 1.82. The highest BCUT2D eigenvalue weighted by atomic mass is 16.4. The van der Waals surface area contributed by atoms with Gasteiger partial charge in [0, 0.05) is 11.4 Å². The third kappa shape index (κ3) is 3.34. The van der Waals surface area contributed by atoms with E-state index in [0.717, 1.165) is 30.5 Å². The number of carboxylic acids is 1. The van der Waals surface area contributed by atoms with E-state index in [1.54, 1.807) is 6.07 Å². The molecule has 0 spiro atoms. The standard InChI is InChI=1S/C18H18N2O3/c1-11-5-6-14(17(21)22)10-16(11)20-18(23)19-15-8-7-12-3-2-4-13(12)9-15/h5-10H,2-4H2,1H3,(H,21,22)(H2,19,20,23). The largest absolute Gasteiger partial charge is 0.478 e. The molecule has 2 aromatic rings. The lowest BCUT2D eigenvalue weighted by Crippen LogP contribution is -2.20. The number of fused-ring (bicyclic) bond motifs is 1. The maximum Gasteiger partial charge on any atom is 0.335 e. The van der Waals surface area contributed by atoms with Crippen molar-refractivity contribution in [2.75, 3.05) is 10.6 Å². The first-order valence-corrected chi connectivity index (χ1v) is 7.57. The Hall–Kier alpha value is -2.82. The second-order valence-corrected chi connectivity index (χ2v) is 5.75. The summed E-state index contributed by atoms with van der Waals surface area (Å²) in [4.78, 5) is 23.2. The quantitative estimate of drug-likeness (QED) is 0.806. The molecule has 3 N–H and O–H groups in total. The SMILES string of the molecule is Cc1ccc(C(=O)O)cc1NC(=O)Nc1ccc2c(c1)CCC2. The zero-order chi connectivity index (χ0) is 16.4. The molecule has 0 radical (unpaired) electrons. The van der Waals surface area contributed by atoms with Crippen molar-refractivity contribution in [2.45, 2.75) is 26.2 Å². The zero-order valence-corrected chi connectivity index (χ0v) is 12.8. The summed E-state index contributed by atoms with van der Waals surface area (Å²) in [6.07, 6.45) is 3.31. The van der Waals surface area contributed by atoms with E-state index in [1.807, 2.05) is 25.1 Å². The molecule has 3 rings (SSSR count). The van der Waals surface area contributed by atoms with Gasteiger partial charge in [-0.05, 0) is 67.1 Å². The van der Waals surface area contributed by atoms with Crippen molar-refractivity contribution in [1.29, 1.82) is 0 Å². The van der Waals surface area contributed by atoms with Crippen molar-refractivity contribution in [3.8, 4) is 0 Å². The number of hydrogen-bond acceptors (Lipinski definition) is 2. The number of rotatable bonds is 3. The van der Waals surface area contributed by atoms with Crippen LogP contribution in [0.2, 0.25) is 0 Å². The average molecular weight is 310 g/mol. The molecule has 0 saturated heterocycles. The smallest absolute Gasteiger partial charge is 0.335 e. The van der Waals surface area contributed by atoms with E-state index in [0.29, 0.717) is 5.69 Å². The van der Waals surface area contributed by atoms with Gasteiger partial charge in [0.2, 0.25) is 0 Å². The first kappa shape index (κ1) is 15.1. The van der Waals surface area contributed by atoms with Gasteiger partial charge < -0.3 is 15.7 Å². The third-order valence-electron chi connectivity index (χ3n) is 4.09. The first-order chi connectivity index (χ1) is 11.0. The summed E-state index contributed by atoms with van der Waals surface area (Å²) in [6, 6.07) is 10.2. The number of carbonyl (C=O) groups is 2. The van der Waals surface area contributed by atoms with Gasteiger partial charge in [-0.1, -0.05) is 12.1 Å². The molecule has 0 heterocycles. The highest BCUT2D eigenvalue weighted by molar-refractivity contribution is 6.01. The molecule has 0 aliphatic heterocycles. The number of aromatic carboxylic acids is 1. The van der Waals surface area contributed by atoms with Gasteiger partial charge in [-0.2, -0.15) is 0 Å². The van der Waals surface area contributed by atoms with Gasteiger partial charge in [-0.3, -0.25) is 0 Å². The molecule has 2 amide bonds. The lowest BCUT2D eigenvalue weighted by atomic mass is 10.1. The van der Waals surface area contributed by atoms with Crippen molar-refractivity contribution in [3.05, 3.63) is 58.7 Å². The number of anilines is 2. The molecule has 0 atom stereocenters. The molecule has 0 aromatic heterocycles. The second kappa shape index (κ2) is 6.12. The molecule has 2 aromatic carbocycles. The highest BCUT2D eigenvalue weighted by Crippen LogP contribution is 2.25. The van der Waals surface area contributed by atoms with Crippen molar-refractivity contribution >= 4 is 23.4 Å². The van der Waals surface area contributed by atoms with E-state index in [1.165, 1.54) is 23.3 Å². The summed E-state index contributed by atoms with van der Waals surface area (Å²) in [5.41, 5.74) is 4.81. The van der Waals surface area contributed by atoms with Crippen LogP contribution in [0, 0.1) is 6.92 Å².